The van der Waals surface area contributed by atoms with Gasteiger partial charge >= 0.3 is 0 Å². The molecule has 0 radical (unpaired) electrons. The second-order valence-electron chi connectivity index (χ2n) is 4.90. The van der Waals surface area contributed by atoms with Crippen LogP contribution in [0.4, 0.5) is 5.69 Å². The molecule has 0 aliphatic carbocycles. The molecule has 0 amide bonds. The van der Waals surface area contributed by atoms with E-state index < -0.39 is 0 Å². The number of hydrogen-bond acceptors (Lipinski definition) is 4. The predicted octanol–water partition coefficient (Wildman–Crippen LogP) is 2.04. The van der Waals surface area contributed by atoms with Crippen molar-refractivity contribution < 1.29 is 9.66 Å². The normalized spacial score (nSPS) is 23.8. The third-order valence-corrected chi connectivity index (χ3v) is 3.43. The summed E-state index contributed by atoms with van der Waals surface area (Å²) in [7, 11) is 0. The molecule has 0 spiro atoms. The van der Waals surface area contributed by atoms with E-state index in [0.29, 0.717) is 13.0 Å². The van der Waals surface area contributed by atoms with Gasteiger partial charge in [-0.25, -0.2) is 0 Å². The highest BCUT2D eigenvalue weighted by Gasteiger charge is 2.28. The number of nitro groups is 1. The van der Waals surface area contributed by atoms with E-state index >= 15 is 0 Å². The topological polar surface area (TPSA) is 78.4 Å². The van der Waals surface area contributed by atoms with Crippen molar-refractivity contribution in [1.29, 1.82) is 0 Å². The fraction of sp³-hybridized carbons (Fsp3) is 0.538. The molecule has 2 rings (SSSR count). The first-order valence-corrected chi connectivity index (χ1v) is 6.20. The summed E-state index contributed by atoms with van der Waals surface area (Å²) in [6.45, 7) is 1.32. The minimum absolute atomic E-state index is 0.179. The van der Waals surface area contributed by atoms with Gasteiger partial charge in [-0.1, -0.05) is 18.2 Å². The van der Waals surface area contributed by atoms with Gasteiger partial charge < -0.3 is 10.5 Å². The molecule has 0 saturated carbocycles. The van der Waals surface area contributed by atoms with Crippen molar-refractivity contribution in [2.24, 2.45) is 5.73 Å². The largest absolute Gasteiger partial charge is 0.380 e. The minimum atomic E-state index is -0.337. The van der Waals surface area contributed by atoms with Gasteiger partial charge in [0.2, 0.25) is 0 Å². The van der Waals surface area contributed by atoms with E-state index in [1.165, 1.54) is 6.07 Å². The molecular weight excluding hydrogens is 232 g/mol. The van der Waals surface area contributed by atoms with Crippen molar-refractivity contribution >= 4 is 5.69 Å². The van der Waals surface area contributed by atoms with Crippen molar-refractivity contribution in [3.05, 3.63) is 39.9 Å². The van der Waals surface area contributed by atoms with Gasteiger partial charge in [-0.15, -0.1) is 0 Å². The molecule has 0 aromatic heterocycles. The highest BCUT2D eigenvalue weighted by molar-refractivity contribution is 5.39. The zero-order valence-electron chi connectivity index (χ0n) is 10.3. The Kier molecular flexibility index (Phi) is 3.93. The van der Waals surface area contributed by atoms with Gasteiger partial charge in [0.25, 0.3) is 5.69 Å². The summed E-state index contributed by atoms with van der Waals surface area (Å²) in [6.07, 6.45) is 3.23. The second kappa shape index (κ2) is 5.46. The number of nitrogens with zero attached hydrogens (tertiary/aromatic N) is 1. The summed E-state index contributed by atoms with van der Waals surface area (Å²) in [6, 6.07) is 6.84. The van der Waals surface area contributed by atoms with Crippen LogP contribution in [0.25, 0.3) is 0 Å². The van der Waals surface area contributed by atoms with Crippen LogP contribution in [0.3, 0.4) is 0 Å². The number of benzene rings is 1. The number of nitrogens with two attached hydrogens (primary N) is 1. The van der Waals surface area contributed by atoms with E-state index in [1.807, 2.05) is 6.07 Å². The van der Waals surface area contributed by atoms with Crippen LogP contribution in [0.15, 0.2) is 24.3 Å². The summed E-state index contributed by atoms with van der Waals surface area (Å²) in [5, 5.41) is 10.9. The van der Waals surface area contributed by atoms with E-state index in [1.54, 1.807) is 12.1 Å². The van der Waals surface area contributed by atoms with Gasteiger partial charge in [0.15, 0.2) is 0 Å². The summed E-state index contributed by atoms with van der Waals surface area (Å²) in [5.41, 5.74) is 6.83. The second-order valence-corrected chi connectivity index (χ2v) is 4.90. The quantitative estimate of drug-likeness (QED) is 0.655. The molecule has 1 heterocycles. The Morgan fingerprint density at radius 2 is 2.22 bits per heavy atom. The zero-order chi connectivity index (χ0) is 13.0. The molecule has 1 aromatic rings. The lowest BCUT2D eigenvalue weighted by Gasteiger charge is -2.33. The van der Waals surface area contributed by atoms with Crippen molar-refractivity contribution in [2.45, 2.75) is 31.2 Å². The number of hydrogen-bond donors (Lipinski definition) is 1. The minimum Gasteiger partial charge on any atom is -0.380 e. The Morgan fingerprint density at radius 3 is 2.89 bits per heavy atom. The van der Waals surface area contributed by atoms with Gasteiger partial charge in [-0.2, -0.15) is 0 Å². The smallest absolute Gasteiger partial charge is 0.272 e. The Bertz CT molecular complexity index is 428. The fourth-order valence-electron chi connectivity index (χ4n) is 2.36. The molecule has 98 valence electrons. The van der Waals surface area contributed by atoms with Crippen LogP contribution in [0.2, 0.25) is 0 Å². The molecule has 5 heteroatoms. The number of rotatable bonds is 4. The molecular formula is C13H18N2O3. The van der Waals surface area contributed by atoms with E-state index in [2.05, 4.69) is 0 Å². The maximum absolute atomic E-state index is 10.9. The van der Waals surface area contributed by atoms with Crippen molar-refractivity contribution in [2.75, 3.05) is 13.2 Å². The van der Waals surface area contributed by atoms with Crippen molar-refractivity contribution in [1.82, 2.24) is 0 Å². The maximum atomic E-state index is 10.9. The molecule has 1 fully saturated rings. The lowest BCUT2D eigenvalue weighted by molar-refractivity contribution is -0.385. The lowest BCUT2D eigenvalue weighted by atomic mass is 9.87. The van der Waals surface area contributed by atoms with Crippen LogP contribution in [0.1, 0.15) is 24.8 Å². The average molecular weight is 250 g/mol. The molecule has 2 N–H and O–H groups in total. The number of nitro benzene ring substituents is 1. The van der Waals surface area contributed by atoms with Gasteiger partial charge in [0.05, 0.1) is 11.5 Å². The van der Waals surface area contributed by atoms with Crippen LogP contribution >= 0.6 is 0 Å². The van der Waals surface area contributed by atoms with Gasteiger partial charge in [0, 0.05) is 23.8 Å². The van der Waals surface area contributed by atoms with Gasteiger partial charge in [-0.3, -0.25) is 10.1 Å². The van der Waals surface area contributed by atoms with Gasteiger partial charge in [0.1, 0.15) is 0 Å². The number of para-hydroxylation sites is 1. The molecule has 18 heavy (non-hydrogen) atoms. The molecule has 1 atom stereocenters. The number of aryl methyl sites for hydroxylation is 1. The summed E-state index contributed by atoms with van der Waals surface area (Å²) in [4.78, 5) is 10.6. The summed E-state index contributed by atoms with van der Waals surface area (Å²) >= 11 is 0. The summed E-state index contributed by atoms with van der Waals surface area (Å²) in [5.74, 6) is 0. The lowest BCUT2D eigenvalue weighted by Crippen LogP contribution is -2.47. The maximum Gasteiger partial charge on any atom is 0.272 e. The van der Waals surface area contributed by atoms with Crippen LogP contribution < -0.4 is 5.73 Å². The molecule has 1 aliphatic rings. The highest BCUT2D eigenvalue weighted by Crippen LogP contribution is 2.25. The third-order valence-electron chi connectivity index (χ3n) is 3.43. The molecule has 5 nitrogen and oxygen atoms in total. The molecule has 1 saturated heterocycles. The Balaban J connectivity index is 2.03. The van der Waals surface area contributed by atoms with E-state index in [4.69, 9.17) is 10.5 Å². The van der Waals surface area contributed by atoms with E-state index in [9.17, 15) is 10.1 Å². The summed E-state index contributed by atoms with van der Waals surface area (Å²) < 4.78 is 5.39. The van der Waals surface area contributed by atoms with Crippen molar-refractivity contribution in [3.63, 3.8) is 0 Å². The molecule has 1 aliphatic heterocycles. The average Bonchev–Trinajstić information content (AvgIpc) is 2.38. The standard InChI is InChI=1S/C13H18N2O3/c14-13(7-3-9-18-10-13)8-6-11-4-1-2-5-12(11)15(16)17/h1-2,4-5H,3,6-10,14H2. The van der Waals surface area contributed by atoms with Gasteiger partial charge in [-0.05, 0) is 25.7 Å². The van der Waals surface area contributed by atoms with E-state index in [0.717, 1.165) is 31.4 Å². The Hall–Kier alpha value is -1.46. The third kappa shape index (κ3) is 3.05. The molecule has 1 aromatic carbocycles. The highest BCUT2D eigenvalue weighted by atomic mass is 16.6. The van der Waals surface area contributed by atoms with Crippen LogP contribution in [0.5, 0.6) is 0 Å². The Morgan fingerprint density at radius 1 is 1.44 bits per heavy atom. The molecule has 0 bridgehead atoms. The van der Waals surface area contributed by atoms with E-state index in [-0.39, 0.29) is 16.1 Å². The molecule has 1 unspecified atom stereocenters. The first-order chi connectivity index (χ1) is 8.61. The SMILES string of the molecule is NC1(CCc2ccccc2[N+](=O)[O-])CCCOC1. The fourth-order valence-corrected chi connectivity index (χ4v) is 2.36. The first kappa shape index (κ1) is 13.0. The zero-order valence-corrected chi connectivity index (χ0v) is 10.3. The van der Waals surface area contributed by atoms with Crippen LogP contribution in [0, 0.1) is 10.1 Å². The number of ether oxygens (including phenoxy) is 1. The monoisotopic (exact) mass is 250 g/mol. The Labute approximate surface area is 106 Å². The first-order valence-electron chi connectivity index (χ1n) is 6.20. The van der Waals surface area contributed by atoms with Crippen LogP contribution in [-0.4, -0.2) is 23.7 Å². The van der Waals surface area contributed by atoms with Crippen molar-refractivity contribution in [3.8, 4) is 0 Å². The predicted molar refractivity (Wildman–Crippen MR) is 68.4 cm³/mol. The van der Waals surface area contributed by atoms with Crippen LogP contribution in [-0.2, 0) is 11.2 Å².